The Labute approximate surface area is 161 Å². The Morgan fingerprint density at radius 1 is 1.04 bits per heavy atom. The fraction of sp³-hybridized carbons (Fsp3) is 0.444. The van der Waals surface area contributed by atoms with Gasteiger partial charge in [0.1, 0.15) is 0 Å². The van der Waals surface area contributed by atoms with E-state index >= 15 is 0 Å². The number of hydrogen-bond acceptors (Lipinski definition) is 5. The average molecular weight is 382 g/mol. The highest BCUT2D eigenvalue weighted by Crippen LogP contribution is 2.28. The summed E-state index contributed by atoms with van der Waals surface area (Å²) in [7, 11) is 0. The number of hydrogen-bond donors (Lipinski definition) is 2. The van der Waals surface area contributed by atoms with Gasteiger partial charge in [-0.1, -0.05) is 30.3 Å². The molecule has 5 nitrogen and oxygen atoms in total. The van der Waals surface area contributed by atoms with Gasteiger partial charge >= 0.3 is 0 Å². The van der Waals surface area contributed by atoms with E-state index in [2.05, 4.69) is 37.6 Å². The summed E-state index contributed by atoms with van der Waals surface area (Å²) < 4.78 is 0. The van der Waals surface area contributed by atoms with Crippen LogP contribution in [0.2, 0.25) is 0 Å². The molecule has 2 N–H and O–H groups in total. The van der Waals surface area contributed by atoms with E-state index in [0.29, 0.717) is 12.0 Å². The van der Waals surface area contributed by atoms with Crippen LogP contribution in [0.15, 0.2) is 42.7 Å². The van der Waals surface area contributed by atoms with Gasteiger partial charge in [-0.05, 0) is 31.0 Å². The van der Waals surface area contributed by atoms with Crippen molar-refractivity contribution in [3.8, 4) is 0 Å². The molecule has 0 spiro atoms. The van der Waals surface area contributed by atoms with Crippen molar-refractivity contribution in [2.24, 2.45) is 5.92 Å². The normalized spacial score (nSPS) is 21.9. The number of halogens is 2. The first-order valence-corrected chi connectivity index (χ1v) is 8.42. The van der Waals surface area contributed by atoms with Crippen LogP contribution >= 0.6 is 24.8 Å². The van der Waals surface area contributed by atoms with Crippen LogP contribution in [-0.4, -0.2) is 40.5 Å². The number of fused-ring (bicyclic) bond motifs is 1. The molecule has 0 unspecified atom stereocenters. The van der Waals surface area contributed by atoms with E-state index in [-0.39, 0.29) is 24.8 Å². The number of nitrogens with one attached hydrogen (secondary N) is 2. The molecule has 0 radical (unpaired) electrons. The van der Waals surface area contributed by atoms with Gasteiger partial charge in [0.2, 0.25) is 5.95 Å². The number of likely N-dealkylation sites (tertiary alicyclic amines) is 1. The van der Waals surface area contributed by atoms with Crippen LogP contribution in [0.25, 0.3) is 0 Å². The quantitative estimate of drug-likeness (QED) is 0.833. The van der Waals surface area contributed by atoms with E-state index in [0.717, 1.165) is 25.6 Å². The number of nitrogens with zero attached hydrogens (tertiary/aromatic N) is 3. The van der Waals surface area contributed by atoms with Crippen molar-refractivity contribution in [2.75, 3.05) is 25.0 Å². The molecule has 3 heterocycles. The van der Waals surface area contributed by atoms with Crippen LogP contribution < -0.4 is 10.6 Å². The molecule has 0 aliphatic carbocycles. The molecule has 0 saturated carbocycles. The van der Waals surface area contributed by atoms with Gasteiger partial charge in [-0.25, -0.2) is 9.97 Å². The molecule has 0 amide bonds. The Morgan fingerprint density at radius 2 is 1.80 bits per heavy atom. The topological polar surface area (TPSA) is 53.1 Å². The molecule has 2 aliphatic heterocycles. The summed E-state index contributed by atoms with van der Waals surface area (Å²) in [5.41, 5.74) is 2.43. The minimum atomic E-state index is 0. The van der Waals surface area contributed by atoms with Gasteiger partial charge in [0.15, 0.2) is 0 Å². The summed E-state index contributed by atoms with van der Waals surface area (Å²) in [5, 5.41) is 6.77. The zero-order valence-electron chi connectivity index (χ0n) is 14.1. The van der Waals surface area contributed by atoms with Crippen LogP contribution in [0.3, 0.4) is 0 Å². The standard InChI is InChI=1S/C18H23N5.2ClH/c1-2-4-14(5-3-1)8-20-18-21-9-15(10-22-18)13-23-7-6-16-11-19-12-17(16)23;;/h1-5,9-10,16-17,19H,6-8,11-13H2,(H,20,21,22);2*1H/t16-,17+;;/m0../s1. The summed E-state index contributed by atoms with van der Waals surface area (Å²) in [6.45, 7) is 5.22. The van der Waals surface area contributed by atoms with E-state index < -0.39 is 0 Å². The van der Waals surface area contributed by atoms with Crippen LogP contribution in [0.1, 0.15) is 17.5 Å². The second kappa shape index (κ2) is 9.34. The Bertz CT molecular complexity index is 638. The van der Waals surface area contributed by atoms with Crippen molar-refractivity contribution in [1.29, 1.82) is 0 Å². The molecule has 2 aromatic rings. The first-order valence-electron chi connectivity index (χ1n) is 8.42. The first kappa shape index (κ1) is 19.9. The summed E-state index contributed by atoms with van der Waals surface area (Å²) >= 11 is 0. The molecule has 7 heteroatoms. The Kier molecular flexibility index (Phi) is 7.44. The van der Waals surface area contributed by atoms with E-state index in [1.54, 1.807) is 0 Å². The van der Waals surface area contributed by atoms with Gasteiger partial charge in [0.05, 0.1) is 0 Å². The van der Waals surface area contributed by atoms with Crippen molar-refractivity contribution >= 4 is 30.8 Å². The second-order valence-electron chi connectivity index (χ2n) is 6.50. The number of rotatable bonds is 5. The minimum absolute atomic E-state index is 0. The molecule has 1 aromatic heterocycles. The maximum absolute atomic E-state index is 4.46. The van der Waals surface area contributed by atoms with E-state index in [4.69, 9.17) is 0 Å². The molecular weight excluding hydrogens is 357 g/mol. The van der Waals surface area contributed by atoms with Crippen molar-refractivity contribution in [3.05, 3.63) is 53.9 Å². The fourth-order valence-electron chi connectivity index (χ4n) is 3.67. The number of benzene rings is 1. The third-order valence-corrected chi connectivity index (χ3v) is 4.94. The molecular formula is C18H25Cl2N5. The maximum Gasteiger partial charge on any atom is 0.222 e. The largest absolute Gasteiger partial charge is 0.350 e. The van der Waals surface area contributed by atoms with Crippen LogP contribution in [0.5, 0.6) is 0 Å². The lowest BCUT2D eigenvalue weighted by Crippen LogP contribution is -2.33. The van der Waals surface area contributed by atoms with Crippen LogP contribution in [0.4, 0.5) is 5.95 Å². The van der Waals surface area contributed by atoms with E-state index in [1.807, 2.05) is 30.6 Å². The molecule has 2 aliphatic rings. The van der Waals surface area contributed by atoms with Crippen molar-refractivity contribution in [3.63, 3.8) is 0 Å². The third-order valence-electron chi connectivity index (χ3n) is 4.94. The monoisotopic (exact) mass is 381 g/mol. The van der Waals surface area contributed by atoms with Crippen molar-refractivity contribution < 1.29 is 0 Å². The molecule has 4 rings (SSSR count). The van der Waals surface area contributed by atoms with Gasteiger partial charge in [-0.3, -0.25) is 4.90 Å². The lowest BCUT2D eigenvalue weighted by Gasteiger charge is -2.22. The van der Waals surface area contributed by atoms with Gasteiger partial charge in [0.25, 0.3) is 0 Å². The number of aromatic nitrogens is 2. The Morgan fingerprint density at radius 3 is 2.56 bits per heavy atom. The van der Waals surface area contributed by atoms with Crippen molar-refractivity contribution in [2.45, 2.75) is 25.6 Å². The molecule has 2 saturated heterocycles. The lowest BCUT2D eigenvalue weighted by atomic mass is 10.1. The predicted octanol–water partition coefficient (Wildman–Crippen LogP) is 2.73. The van der Waals surface area contributed by atoms with Gasteiger partial charge < -0.3 is 10.6 Å². The molecule has 2 atom stereocenters. The fourth-order valence-corrected chi connectivity index (χ4v) is 3.67. The van der Waals surface area contributed by atoms with E-state index in [9.17, 15) is 0 Å². The molecule has 25 heavy (non-hydrogen) atoms. The van der Waals surface area contributed by atoms with Crippen LogP contribution in [-0.2, 0) is 13.1 Å². The highest BCUT2D eigenvalue weighted by Gasteiger charge is 2.37. The van der Waals surface area contributed by atoms with Crippen molar-refractivity contribution in [1.82, 2.24) is 20.2 Å². The molecule has 1 aromatic carbocycles. The lowest BCUT2D eigenvalue weighted by molar-refractivity contribution is 0.243. The summed E-state index contributed by atoms with van der Waals surface area (Å²) in [6.07, 6.45) is 5.22. The van der Waals surface area contributed by atoms with Gasteiger partial charge in [0, 0.05) is 43.6 Å². The molecule has 0 bridgehead atoms. The summed E-state index contributed by atoms with van der Waals surface area (Å²) in [5.74, 6) is 1.53. The zero-order chi connectivity index (χ0) is 15.5. The minimum Gasteiger partial charge on any atom is -0.350 e. The molecule has 2 fully saturated rings. The Hall–Kier alpha value is -1.40. The highest BCUT2D eigenvalue weighted by atomic mass is 35.5. The smallest absolute Gasteiger partial charge is 0.222 e. The number of anilines is 1. The Balaban J connectivity index is 0.00000113. The maximum atomic E-state index is 4.46. The first-order chi connectivity index (χ1) is 11.4. The van der Waals surface area contributed by atoms with Gasteiger partial charge in [-0.2, -0.15) is 0 Å². The van der Waals surface area contributed by atoms with E-state index in [1.165, 1.54) is 30.6 Å². The summed E-state index contributed by atoms with van der Waals surface area (Å²) in [4.78, 5) is 11.5. The van der Waals surface area contributed by atoms with Gasteiger partial charge in [-0.15, -0.1) is 24.8 Å². The van der Waals surface area contributed by atoms with Crippen LogP contribution in [0, 0.1) is 5.92 Å². The third kappa shape index (κ3) is 4.82. The second-order valence-corrected chi connectivity index (χ2v) is 6.50. The molecule has 136 valence electrons. The SMILES string of the molecule is Cl.Cl.c1ccc(CNc2ncc(CN3CC[C@H]4CNC[C@H]43)cn2)cc1. The summed E-state index contributed by atoms with van der Waals surface area (Å²) in [6, 6.07) is 11.0. The predicted molar refractivity (Wildman–Crippen MR) is 105 cm³/mol. The average Bonchev–Trinajstić information content (AvgIpc) is 3.20. The zero-order valence-corrected chi connectivity index (χ0v) is 15.7. The highest BCUT2D eigenvalue weighted by molar-refractivity contribution is 5.85.